The van der Waals surface area contributed by atoms with Crippen molar-refractivity contribution in [2.75, 3.05) is 5.01 Å². The second kappa shape index (κ2) is 4.60. The number of hydrogen-bond acceptors (Lipinski definition) is 2. The molecule has 1 aromatic carbocycles. The first-order valence-electron chi connectivity index (χ1n) is 5.15. The molecule has 0 radical (unpaired) electrons. The minimum absolute atomic E-state index is 0.185. The van der Waals surface area contributed by atoms with Crippen molar-refractivity contribution in [3.63, 3.8) is 0 Å². The first kappa shape index (κ1) is 13.4. The van der Waals surface area contributed by atoms with Crippen LogP contribution in [-0.2, 0) is 11.0 Å². The summed E-state index contributed by atoms with van der Waals surface area (Å²) in [5.74, 6) is -0.783. The van der Waals surface area contributed by atoms with Crippen molar-refractivity contribution in [1.29, 1.82) is 0 Å². The van der Waals surface area contributed by atoms with Gasteiger partial charge in [0.2, 0.25) is 0 Å². The predicted octanol–water partition coefficient (Wildman–Crippen LogP) is 3.06. The number of carbonyl (C=O) groups excluding carboxylic acids is 1. The van der Waals surface area contributed by atoms with Crippen LogP contribution in [0.25, 0.3) is 0 Å². The lowest BCUT2D eigenvalue weighted by Crippen LogP contribution is -2.20. The SMILES string of the molecule is O=C1CC(C(F)F)=NN1c1cccc(C(F)(F)F)c1. The van der Waals surface area contributed by atoms with Gasteiger partial charge in [0.15, 0.2) is 0 Å². The maximum absolute atomic E-state index is 12.5. The molecule has 19 heavy (non-hydrogen) atoms. The molecule has 0 spiro atoms. The Kier molecular flexibility index (Phi) is 3.25. The molecule has 1 amide bonds. The molecular weight excluding hydrogens is 271 g/mol. The Hall–Kier alpha value is -1.99. The van der Waals surface area contributed by atoms with Gasteiger partial charge in [0, 0.05) is 0 Å². The zero-order chi connectivity index (χ0) is 14.2. The maximum atomic E-state index is 12.5. The molecule has 0 saturated heterocycles. The molecule has 2 rings (SSSR count). The Bertz CT molecular complexity index is 538. The van der Waals surface area contributed by atoms with Crippen LogP contribution in [0.5, 0.6) is 0 Å². The number of rotatable bonds is 2. The standard InChI is InChI=1S/C11H7F5N2O/c12-10(13)8-5-9(19)18(17-8)7-3-1-2-6(4-7)11(14,15)16/h1-4,10H,5H2. The number of halogens is 5. The van der Waals surface area contributed by atoms with Gasteiger partial charge in [-0.2, -0.15) is 18.3 Å². The van der Waals surface area contributed by atoms with Crippen LogP contribution in [0.4, 0.5) is 27.6 Å². The Morgan fingerprint density at radius 3 is 2.47 bits per heavy atom. The lowest BCUT2D eigenvalue weighted by molar-refractivity contribution is -0.137. The fourth-order valence-electron chi connectivity index (χ4n) is 1.59. The Labute approximate surface area is 104 Å². The molecule has 1 heterocycles. The highest BCUT2D eigenvalue weighted by Crippen LogP contribution is 2.32. The van der Waals surface area contributed by atoms with Crippen LogP contribution in [0.1, 0.15) is 12.0 Å². The quantitative estimate of drug-likeness (QED) is 0.765. The molecule has 0 aliphatic carbocycles. The molecule has 1 aliphatic heterocycles. The molecule has 0 N–H and O–H groups in total. The second-order valence-corrected chi connectivity index (χ2v) is 3.82. The second-order valence-electron chi connectivity index (χ2n) is 3.82. The molecule has 0 bridgehead atoms. The number of hydrazone groups is 1. The van der Waals surface area contributed by atoms with Crippen molar-refractivity contribution < 1.29 is 26.7 Å². The molecule has 1 aliphatic rings. The molecule has 1 aromatic rings. The number of anilines is 1. The summed E-state index contributed by atoms with van der Waals surface area (Å²) < 4.78 is 62.3. The van der Waals surface area contributed by atoms with Crippen molar-refractivity contribution in [2.24, 2.45) is 5.10 Å². The first-order chi connectivity index (χ1) is 8.79. The summed E-state index contributed by atoms with van der Waals surface area (Å²) in [4.78, 5) is 11.4. The highest BCUT2D eigenvalue weighted by atomic mass is 19.4. The van der Waals surface area contributed by atoms with Gasteiger partial charge in [0.05, 0.1) is 17.7 Å². The lowest BCUT2D eigenvalue weighted by Gasteiger charge is -2.14. The highest BCUT2D eigenvalue weighted by Gasteiger charge is 2.33. The van der Waals surface area contributed by atoms with Crippen molar-refractivity contribution in [3.05, 3.63) is 29.8 Å². The van der Waals surface area contributed by atoms with Gasteiger partial charge in [-0.1, -0.05) is 6.07 Å². The van der Waals surface area contributed by atoms with E-state index >= 15 is 0 Å². The highest BCUT2D eigenvalue weighted by molar-refractivity contribution is 6.14. The average molecular weight is 278 g/mol. The minimum atomic E-state index is -4.58. The van der Waals surface area contributed by atoms with Crippen LogP contribution in [0, 0.1) is 0 Å². The monoisotopic (exact) mass is 278 g/mol. The molecule has 0 saturated carbocycles. The van der Waals surface area contributed by atoms with Gasteiger partial charge in [0.25, 0.3) is 12.3 Å². The topological polar surface area (TPSA) is 32.7 Å². The first-order valence-corrected chi connectivity index (χ1v) is 5.15. The summed E-state index contributed by atoms with van der Waals surface area (Å²) >= 11 is 0. The summed E-state index contributed by atoms with van der Waals surface area (Å²) in [5, 5.41) is 3.91. The van der Waals surface area contributed by atoms with E-state index in [0.717, 1.165) is 12.1 Å². The van der Waals surface area contributed by atoms with E-state index in [1.54, 1.807) is 0 Å². The lowest BCUT2D eigenvalue weighted by atomic mass is 10.2. The summed E-state index contributed by atoms with van der Waals surface area (Å²) in [7, 11) is 0. The van der Waals surface area contributed by atoms with Crippen LogP contribution < -0.4 is 5.01 Å². The zero-order valence-corrected chi connectivity index (χ0v) is 9.29. The molecule has 8 heteroatoms. The largest absolute Gasteiger partial charge is 0.416 e. The summed E-state index contributed by atoms with van der Waals surface area (Å²) in [6.45, 7) is 0. The Morgan fingerprint density at radius 1 is 1.26 bits per heavy atom. The van der Waals surface area contributed by atoms with Crippen molar-refractivity contribution in [3.8, 4) is 0 Å². The van der Waals surface area contributed by atoms with Gasteiger partial charge in [-0.3, -0.25) is 4.79 Å². The van der Waals surface area contributed by atoms with Crippen molar-refractivity contribution in [1.82, 2.24) is 0 Å². The van der Waals surface area contributed by atoms with Gasteiger partial charge in [0.1, 0.15) is 5.71 Å². The van der Waals surface area contributed by atoms with E-state index in [9.17, 15) is 26.7 Å². The molecule has 0 atom stereocenters. The smallest absolute Gasteiger partial charge is 0.272 e. The fraction of sp³-hybridized carbons (Fsp3) is 0.273. The summed E-state index contributed by atoms with van der Waals surface area (Å²) in [6.07, 6.45) is -8.07. The third-order valence-corrected chi connectivity index (χ3v) is 2.47. The van der Waals surface area contributed by atoms with E-state index in [1.165, 1.54) is 6.07 Å². The summed E-state index contributed by atoms with van der Waals surface area (Å²) in [6, 6.07) is 3.80. The Morgan fingerprint density at radius 2 is 1.95 bits per heavy atom. The molecular formula is C11H7F5N2O. The fourth-order valence-corrected chi connectivity index (χ4v) is 1.59. The number of carbonyl (C=O) groups is 1. The summed E-state index contributed by atoms with van der Waals surface area (Å²) in [5.41, 5.74) is -1.81. The van der Waals surface area contributed by atoms with Gasteiger partial charge in [-0.25, -0.2) is 13.8 Å². The van der Waals surface area contributed by atoms with E-state index < -0.39 is 36.2 Å². The third-order valence-electron chi connectivity index (χ3n) is 2.47. The number of benzene rings is 1. The molecule has 3 nitrogen and oxygen atoms in total. The predicted molar refractivity (Wildman–Crippen MR) is 57.0 cm³/mol. The van der Waals surface area contributed by atoms with Crippen LogP contribution in [-0.4, -0.2) is 18.0 Å². The van der Waals surface area contributed by atoms with Crippen LogP contribution in [0.3, 0.4) is 0 Å². The molecule has 0 fully saturated rings. The van der Waals surface area contributed by atoms with Crippen LogP contribution in [0.2, 0.25) is 0 Å². The molecule has 0 aromatic heterocycles. The van der Waals surface area contributed by atoms with Crippen molar-refractivity contribution >= 4 is 17.3 Å². The van der Waals surface area contributed by atoms with Gasteiger partial charge in [-0.05, 0) is 18.2 Å². The number of nitrogens with zero attached hydrogens (tertiary/aromatic N) is 2. The number of amides is 1. The number of hydrogen-bond donors (Lipinski definition) is 0. The van der Waals surface area contributed by atoms with Gasteiger partial charge >= 0.3 is 6.18 Å². The van der Waals surface area contributed by atoms with Crippen LogP contribution in [0.15, 0.2) is 29.4 Å². The zero-order valence-electron chi connectivity index (χ0n) is 9.29. The normalized spacial score (nSPS) is 16.2. The minimum Gasteiger partial charge on any atom is -0.272 e. The average Bonchev–Trinajstić information content (AvgIpc) is 2.71. The van der Waals surface area contributed by atoms with E-state index in [0.29, 0.717) is 11.1 Å². The van der Waals surface area contributed by atoms with E-state index in [2.05, 4.69) is 5.10 Å². The molecule has 102 valence electrons. The maximum Gasteiger partial charge on any atom is 0.416 e. The van der Waals surface area contributed by atoms with Gasteiger partial charge < -0.3 is 0 Å². The number of alkyl halides is 5. The van der Waals surface area contributed by atoms with Gasteiger partial charge in [-0.15, -0.1) is 0 Å². The van der Waals surface area contributed by atoms with Crippen LogP contribution >= 0.6 is 0 Å². The molecule has 0 unspecified atom stereocenters. The Balaban J connectivity index is 2.35. The third kappa shape index (κ3) is 2.72. The van der Waals surface area contributed by atoms with E-state index in [1.807, 2.05) is 0 Å². The van der Waals surface area contributed by atoms with E-state index in [-0.39, 0.29) is 5.69 Å². The van der Waals surface area contributed by atoms with E-state index in [4.69, 9.17) is 0 Å². The van der Waals surface area contributed by atoms with Crippen molar-refractivity contribution in [2.45, 2.75) is 19.0 Å².